The van der Waals surface area contributed by atoms with Crippen LogP contribution in [0.4, 0.5) is 0 Å². The average Bonchev–Trinajstić information content (AvgIpc) is 3.35. The molecule has 2 aromatic heterocycles. The molecular formula is C20H21N7O. The van der Waals surface area contributed by atoms with Crippen molar-refractivity contribution < 1.29 is 4.79 Å². The van der Waals surface area contributed by atoms with E-state index < -0.39 is 6.04 Å². The molecule has 1 atom stereocenters. The molecule has 1 amide bonds. The Bertz CT molecular complexity index is 1070. The highest BCUT2D eigenvalue weighted by Gasteiger charge is 2.24. The number of rotatable bonds is 6. The number of carbonyl (C=O) groups is 1. The second-order valence-electron chi connectivity index (χ2n) is 6.80. The van der Waals surface area contributed by atoms with E-state index in [4.69, 9.17) is 4.98 Å². The quantitative estimate of drug-likeness (QED) is 0.559. The topological polar surface area (TPSA) is 90.5 Å². The lowest BCUT2D eigenvalue weighted by molar-refractivity contribution is -0.123. The summed E-state index contributed by atoms with van der Waals surface area (Å²) < 4.78 is 3.60. The van der Waals surface area contributed by atoms with E-state index in [0.717, 1.165) is 22.4 Å². The smallest absolute Gasteiger partial charge is 0.249 e. The summed E-state index contributed by atoms with van der Waals surface area (Å²) in [6, 6.07) is 17.0. The monoisotopic (exact) mass is 375 g/mol. The van der Waals surface area contributed by atoms with Gasteiger partial charge >= 0.3 is 0 Å². The fraction of sp³-hybridized carbons (Fsp3) is 0.250. The van der Waals surface area contributed by atoms with Crippen molar-refractivity contribution in [1.29, 1.82) is 0 Å². The SMILES string of the molecule is CC(C)n1c(CNC(=O)[C@H](c2ccccc2)n2cnnn2)nc2ccccc21. The number of para-hydroxylation sites is 2. The summed E-state index contributed by atoms with van der Waals surface area (Å²) in [4.78, 5) is 17.7. The van der Waals surface area contributed by atoms with Crippen LogP contribution in [0.3, 0.4) is 0 Å². The molecular weight excluding hydrogens is 354 g/mol. The Kier molecular flexibility index (Phi) is 4.84. The van der Waals surface area contributed by atoms with E-state index in [1.54, 1.807) is 0 Å². The first-order valence-electron chi connectivity index (χ1n) is 9.16. The Morgan fingerprint density at radius 2 is 1.82 bits per heavy atom. The molecule has 0 bridgehead atoms. The molecule has 0 radical (unpaired) electrons. The molecule has 0 fully saturated rings. The molecule has 28 heavy (non-hydrogen) atoms. The van der Waals surface area contributed by atoms with Gasteiger partial charge in [0.2, 0.25) is 5.91 Å². The van der Waals surface area contributed by atoms with Gasteiger partial charge in [0.15, 0.2) is 6.04 Å². The lowest BCUT2D eigenvalue weighted by atomic mass is 10.1. The molecule has 0 spiro atoms. The lowest BCUT2D eigenvalue weighted by Gasteiger charge is -2.18. The Hall–Kier alpha value is -3.55. The van der Waals surface area contributed by atoms with Gasteiger partial charge in [-0.15, -0.1) is 5.10 Å². The summed E-state index contributed by atoms with van der Waals surface area (Å²) in [5.41, 5.74) is 2.78. The number of carbonyl (C=O) groups excluding carboxylic acids is 1. The molecule has 8 heteroatoms. The highest BCUT2D eigenvalue weighted by molar-refractivity contribution is 5.83. The Morgan fingerprint density at radius 3 is 2.54 bits per heavy atom. The molecule has 142 valence electrons. The molecule has 1 N–H and O–H groups in total. The highest BCUT2D eigenvalue weighted by atomic mass is 16.2. The zero-order valence-corrected chi connectivity index (χ0v) is 15.7. The molecule has 0 aliphatic rings. The zero-order chi connectivity index (χ0) is 19.5. The third-order valence-corrected chi connectivity index (χ3v) is 4.60. The fourth-order valence-corrected chi connectivity index (χ4v) is 3.40. The van der Waals surface area contributed by atoms with Crippen LogP contribution in [0.5, 0.6) is 0 Å². The Morgan fingerprint density at radius 1 is 1.07 bits per heavy atom. The van der Waals surface area contributed by atoms with Gasteiger partial charge in [-0.2, -0.15) is 0 Å². The standard InChI is InChI=1S/C20H21N7O/c1-14(2)27-17-11-7-6-10-16(17)23-18(27)12-21-20(28)19(26-13-22-24-25-26)15-8-4-3-5-9-15/h3-11,13-14,19H,12H2,1-2H3,(H,21,28)/t19-/m0/s1. The number of tetrazole rings is 1. The van der Waals surface area contributed by atoms with Gasteiger partial charge in [0, 0.05) is 6.04 Å². The van der Waals surface area contributed by atoms with E-state index in [-0.39, 0.29) is 11.9 Å². The van der Waals surface area contributed by atoms with Crippen LogP contribution in [0.1, 0.15) is 37.3 Å². The minimum absolute atomic E-state index is 0.194. The van der Waals surface area contributed by atoms with E-state index in [1.165, 1.54) is 11.0 Å². The minimum Gasteiger partial charge on any atom is -0.347 e. The van der Waals surface area contributed by atoms with Crippen LogP contribution >= 0.6 is 0 Å². The van der Waals surface area contributed by atoms with Crippen LogP contribution in [-0.4, -0.2) is 35.7 Å². The van der Waals surface area contributed by atoms with Crippen LogP contribution in [0.15, 0.2) is 60.9 Å². The lowest BCUT2D eigenvalue weighted by Crippen LogP contribution is -2.34. The number of benzene rings is 2. The van der Waals surface area contributed by atoms with Crippen molar-refractivity contribution in [3.63, 3.8) is 0 Å². The molecule has 4 rings (SSSR count). The van der Waals surface area contributed by atoms with Crippen molar-refractivity contribution in [1.82, 2.24) is 35.1 Å². The van der Waals surface area contributed by atoms with Crippen molar-refractivity contribution in [3.8, 4) is 0 Å². The number of aromatic nitrogens is 6. The van der Waals surface area contributed by atoms with Gasteiger partial charge in [0.25, 0.3) is 0 Å². The summed E-state index contributed by atoms with van der Waals surface area (Å²) in [6.07, 6.45) is 1.45. The van der Waals surface area contributed by atoms with Crippen LogP contribution in [-0.2, 0) is 11.3 Å². The van der Waals surface area contributed by atoms with Gasteiger partial charge in [-0.1, -0.05) is 42.5 Å². The normalized spacial score (nSPS) is 12.4. The molecule has 0 saturated heterocycles. The first kappa shape index (κ1) is 17.8. The molecule has 0 unspecified atom stereocenters. The highest BCUT2D eigenvalue weighted by Crippen LogP contribution is 2.21. The van der Waals surface area contributed by atoms with Crippen LogP contribution < -0.4 is 5.32 Å². The second kappa shape index (κ2) is 7.59. The fourth-order valence-electron chi connectivity index (χ4n) is 3.40. The molecule has 2 aromatic carbocycles. The third-order valence-electron chi connectivity index (χ3n) is 4.60. The largest absolute Gasteiger partial charge is 0.347 e. The van der Waals surface area contributed by atoms with Crippen molar-refractivity contribution >= 4 is 16.9 Å². The van der Waals surface area contributed by atoms with E-state index >= 15 is 0 Å². The Balaban J connectivity index is 1.61. The predicted octanol–water partition coefficient (Wildman–Crippen LogP) is 2.51. The van der Waals surface area contributed by atoms with Crippen LogP contribution in [0.25, 0.3) is 11.0 Å². The number of amides is 1. The first-order chi connectivity index (χ1) is 13.6. The van der Waals surface area contributed by atoms with Crippen molar-refractivity contribution in [2.45, 2.75) is 32.5 Å². The minimum atomic E-state index is -0.645. The summed E-state index contributed by atoms with van der Waals surface area (Å²) in [5.74, 6) is 0.619. The third kappa shape index (κ3) is 3.36. The maximum absolute atomic E-state index is 13.0. The molecule has 0 saturated carbocycles. The van der Waals surface area contributed by atoms with Gasteiger partial charge in [-0.05, 0) is 42.0 Å². The number of nitrogens with one attached hydrogen (secondary N) is 1. The van der Waals surface area contributed by atoms with Crippen molar-refractivity contribution in [2.24, 2.45) is 0 Å². The van der Waals surface area contributed by atoms with E-state index in [2.05, 4.69) is 39.3 Å². The molecule has 4 aromatic rings. The second-order valence-corrected chi connectivity index (χ2v) is 6.80. The van der Waals surface area contributed by atoms with E-state index in [0.29, 0.717) is 6.54 Å². The van der Waals surface area contributed by atoms with E-state index in [9.17, 15) is 4.79 Å². The maximum atomic E-state index is 13.0. The number of fused-ring (bicyclic) bond motifs is 1. The molecule has 0 aliphatic carbocycles. The molecule has 2 heterocycles. The molecule has 0 aliphatic heterocycles. The summed E-state index contributed by atoms with van der Waals surface area (Å²) >= 11 is 0. The van der Waals surface area contributed by atoms with E-state index in [1.807, 2.05) is 54.6 Å². The zero-order valence-electron chi connectivity index (χ0n) is 15.7. The van der Waals surface area contributed by atoms with Gasteiger partial charge < -0.3 is 9.88 Å². The Labute approximate surface area is 162 Å². The average molecular weight is 375 g/mol. The van der Waals surface area contributed by atoms with Gasteiger partial charge in [-0.3, -0.25) is 4.79 Å². The van der Waals surface area contributed by atoms with Crippen LogP contribution in [0.2, 0.25) is 0 Å². The summed E-state index contributed by atoms with van der Waals surface area (Å²) in [7, 11) is 0. The van der Waals surface area contributed by atoms with Gasteiger partial charge in [-0.25, -0.2) is 9.67 Å². The number of hydrogen-bond donors (Lipinski definition) is 1. The maximum Gasteiger partial charge on any atom is 0.249 e. The van der Waals surface area contributed by atoms with Gasteiger partial charge in [0.1, 0.15) is 12.2 Å². The van der Waals surface area contributed by atoms with Crippen LogP contribution in [0, 0.1) is 0 Å². The molecule has 8 nitrogen and oxygen atoms in total. The van der Waals surface area contributed by atoms with Crippen molar-refractivity contribution in [2.75, 3.05) is 0 Å². The summed E-state index contributed by atoms with van der Waals surface area (Å²) in [5, 5.41) is 14.3. The first-order valence-corrected chi connectivity index (χ1v) is 9.16. The van der Waals surface area contributed by atoms with Crippen molar-refractivity contribution in [3.05, 3.63) is 72.3 Å². The number of imidazole rings is 1. The predicted molar refractivity (Wildman–Crippen MR) is 104 cm³/mol. The van der Waals surface area contributed by atoms with Gasteiger partial charge in [0.05, 0.1) is 17.6 Å². The number of nitrogens with zero attached hydrogens (tertiary/aromatic N) is 6. The summed E-state index contributed by atoms with van der Waals surface area (Å²) in [6.45, 7) is 4.53. The number of hydrogen-bond acceptors (Lipinski definition) is 5.